The molecule has 0 spiro atoms. The number of benzene rings is 1. The standard InChI is InChI=1S/C17H25BrFN/c1-3-12-5-8-17(20-4-2)14(9-12)10-13-6-7-15(18)11-16(13)19/h6-7,11-12,14,17,20H,3-5,8-10H2,1-2H3. The van der Waals surface area contributed by atoms with E-state index >= 15 is 0 Å². The van der Waals surface area contributed by atoms with Gasteiger partial charge in [-0.3, -0.25) is 0 Å². The summed E-state index contributed by atoms with van der Waals surface area (Å²) in [6.07, 6.45) is 5.87. The van der Waals surface area contributed by atoms with Crippen molar-refractivity contribution >= 4 is 15.9 Å². The molecule has 0 amide bonds. The van der Waals surface area contributed by atoms with E-state index in [9.17, 15) is 4.39 Å². The lowest BCUT2D eigenvalue weighted by Gasteiger charge is -2.36. The molecule has 3 atom stereocenters. The minimum Gasteiger partial charge on any atom is -0.314 e. The number of rotatable bonds is 5. The molecule has 1 nitrogen and oxygen atoms in total. The van der Waals surface area contributed by atoms with Crippen LogP contribution in [0.25, 0.3) is 0 Å². The van der Waals surface area contributed by atoms with Gasteiger partial charge in [0.1, 0.15) is 5.82 Å². The van der Waals surface area contributed by atoms with Crippen LogP contribution in [0.4, 0.5) is 4.39 Å². The lowest BCUT2D eigenvalue weighted by molar-refractivity contribution is 0.199. The van der Waals surface area contributed by atoms with Crippen LogP contribution in [0, 0.1) is 17.7 Å². The van der Waals surface area contributed by atoms with Crippen LogP contribution < -0.4 is 5.32 Å². The Morgan fingerprint density at radius 1 is 1.30 bits per heavy atom. The van der Waals surface area contributed by atoms with E-state index in [-0.39, 0.29) is 5.82 Å². The van der Waals surface area contributed by atoms with E-state index in [1.54, 1.807) is 6.07 Å². The highest BCUT2D eigenvalue weighted by Crippen LogP contribution is 2.34. The SMILES string of the molecule is CCNC1CCC(CC)CC1Cc1ccc(Br)cc1F. The van der Waals surface area contributed by atoms with Crippen LogP contribution in [0.3, 0.4) is 0 Å². The number of nitrogens with one attached hydrogen (secondary N) is 1. The summed E-state index contributed by atoms with van der Waals surface area (Å²) in [5, 5.41) is 3.60. The average molecular weight is 342 g/mol. The van der Waals surface area contributed by atoms with E-state index in [2.05, 4.69) is 35.1 Å². The Labute approximate surface area is 130 Å². The molecule has 112 valence electrons. The summed E-state index contributed by atoms with van der Waals surface area (Å²) in [6, 6.07) is 6.00. The van der Waals surface area contributed by atoms with Crippen molar-refractivity contribution in [2.45, 2.75) is 52.0 Å². The Hall–Kier alpha value is -0.410. The third-order valence-electron chi connectivity index (χ3n) is 4.63. The monoisotopic (exact) mass is 341 g/mol. The molecule has 0 saturated heterocycles. The maximum atomic E-state index is 14.0. The van der Waals surface area contributed by atoms with Crippen LogP contribution in [0.15, 0.2) is 22.7 Å². The van der Waals surface area contributed by atoms with Crippen LogP contribution in [0.5, 0.6) is 0 Å². The van der Waals surface area contributed by atoms with Crippen molar-refractivity contribution in [3.63, 3.8) is 0 Å². The first-order valence-corrected chi connectivity index (χ1v) is 8.60. The fourth-order valence-corrected chi connectivity index (χ4v) is 3.79. The van der Waals surface area contributed by atoms with E-state index < -0.39 is 0 Å². The van der Waals surface area contributed by atoms with Crippen LogP contribution in [0.2, 0.25) is 0 Å². The van der Waals surface area contributed by atoms with Crippen molar-refractivity contribution < 1.29 is 4.39 Å². The van der Waals surface area contributed by atoms with Crippen molar-refractivity contribution in [2.75, 3.05) is 6.54 Å². The second-order valence-corrected chi connectivity index (χ2v) is 6.87. The smallest absolute Gasteiger partial charge is 0.127 e. The number of hydrogen-bond acceptors (Lipinski definition) is 1. The van der Waals surface area contributed by atoms with Crippen molar-refractivity contribution in [2.24, 2.45) is 11.8 Å². The molecular weight excluding hydrogens is 317 g/mol. The molecule has 3 heteroatoms. The summed E-state index contributed by atoms with van der Waals surface area (Å²) in [6.45, 7) is 5.43. The molecule has 0 aromatic heterocycles. The minimum atomic E-state index is -0.0757. The van der Waals surface area contributed by atoms with E-state index in [1.807, 2.05) is 12.1 Å². The predicted octanol–water partition coefficient (Wildman–Crippen LogP) is 4.94. The van der Waals surface area contributed by atoms with Gasteiger partial charge in [0.05, 0.1) is 0 Å². The zero-order valence-corrected chi connectivity index (χ0v) is 14.0. The van der Waals surface area contributed by atoms with E-state index in [4.69, 9.17) is 0 Å². The van der Waals surface area contributed by atoms with Gasteiger partial charge in [-0.2, -0.15) is 0 Å². The predicted molar refractivity (Wildman–Crippen MR) is 86.4 cm³/mol. The highest BCUT2D eigenvalue weighted by Gasteiger charge is 2.29. The van der Waals surface area contributed by atoms with Crippen LogP contribution in [-0.2, 0) is 6.42 Å². The first-order valence-electron chi connectivity index (χ1n) is 7.81. The molecule has 2 rings (SSSR count). The van der Waals surface area contributed by atoms with Crippen LogP contribution in [-0.4, -0.2) is 12.6 Å². The molecule has 0 radical (unpaired) electrons. The zero-order valence-electron chi connectivity index (χ0n) is 12.5. The Balaban J connectivity index is 2.09. The van der Waals surface area contributed by atoms with Crippen molar-refractivity contribution in [3.05, 3.63) is 34.1 Å². The van der Waals surface area contributed by atoms with E-state index in [0.717, 1.165) is 28.9 Å². The van der Waals surface area contributed by atoms with Gasteiger partial charge < -0.3 is 5.32 Å². The van der Waals surface area contributed by atoms with Gasteiger partial charge in [-0.05, 0) is 61.8 Å². The van der Waals surface area contributed by atoms with Crippen molar-refractivity contribution in [1.82, 2.24) is 5.32 Å². The zero-order chi connectivity index (χ0) is 14.5. The fourth-order valence-electron chi connectivity index (χ4n) is 3.46. The van der Waals surface area contributed by atoms with Gasteiger partial charge >= 0.3 is 0 Å². The minimum absolute atomic E-state index is 0.0757. The normalized spacial score (nSPS) is 26.7. The Morgan fingerprint density at radius 2 is 2.10 bits per heavy atom. The summed E-state index contributed by atoms with van der Waals surface area (Å²) in [5.74, 6) is 1.30. The van der Waals surface area contributed by atoms with Gasteiger partial charge in [-0.25, -0.2) is 4.39 Å². The molecule has 3 unspecified atom stereocenters. The summed E-state index contributed by atoms with van der Waals surface area (Å²) in [5.41, 5.74) is 0.859. The van der Waals surface area contributed by atoms with E-state index in [0.29, 0.717) is 12.0 Å². The summed E-state index contributed by atoms with van der Waals surface area (Å²) >= 11 is 3.33. The Bertz CT molecular complexity index is 435. The van der Waals surface area contributed by atoms with Crippen LogP contribution in [0.1, 0.15) is 45.1 Å². The Kier molecular flexibility index (Phi) is 6.03. The van der Waals surface area contributed by atoms with Gasteiger partial charge in [0, 0.05) is 10.5 Å². The average Bonchev–Trinajstić information content (AvgIpc) is 2.44. The second-order valence-electron chi connectivity index (χ2n) is 5.95. The van der Waals surface area contributed by atoms with E-state index in [1.165, 1.54) is 25.7 Å². The molecule has 20 heavy (non-hydrogen) atoms. The van der Waals surface area contributed by atoms with Gasteiger partial charge in [0.15, 0.2) is 0 Å². The summed E-state index contributed by atoms with van der Waals surface area (Å²) < 4.78 is 14.9. The molecule has 0 aliphatic heterocycles. The van der Waals surface area contributed by atoms with Gasteiger partial charge in [0.25, 0.3) is 0 Å². The molecular formula is C17H25BrFN. The summed E-state index contributed by atoms with van der Waals surface area (Å²) in [4.78, 5) is 0. The third kappa shape index (κ3) is 4.05. The van der Waals surface area contributed by atoms with Gasteiger partial charge in [-0.1, -0.05) is 42.3 Å². The highest BCUT2D eigenvalue weighted by atomic mass is 79.9. The first-order chi connectivity index (χ1) is 9.63. The number of halogens is 2. The molecule has 1 aromatic carbocycles. The maximum Gasteiger partial charge on any atom is 0.127 e. The molecule has 1 aliphatic carbocycles. The molecule has 1 fully saturated rings. The third-order valence-corrected chi connectivity index (χ3v) is 5.13. The van der Waals surface area contributed by atoms with Gasteiger partial charge in [-0.15, -0.1) is 0 Å². The molecule has 1 N–H and O–H groups in total. The topological polar surface area (TPSA) is 12.0 Å². The number of hydrogen-bond donors (Lipinski definition) is 1. The molecule has 1 saturated carbocycles. The molecule has 1 aliphatic rings. The fraction of sp³-hybridized carbons (Fsp3) is 0.647. The lowest BCUT2D eigenvalue weighted by atomic mass is 9.74. The molecule has 0 heterocycles. The largest absolute Gasteiger partial charge is 0.314 e. The molecule has 1 aromatic rings. The first kappa shape index (κ1) is 16.0. The maximum absolute atomic E-state index is 14.0. The molecule has 0 bridgehead atoms. The quantitative estimate of drug-likeness (QED) is 0.800. The van der Waals surface area contributed by atoms with Crippen LogP contribution >= 0.6 is 15.9 Å². The van der Waals surface area contributed by atoms with Crippen molar-refractivity contribution in [3.8, 4) is 0 Å². The summed E-state index contributed by atoms with van der Waals surface area (Å²) in [7, 11) is 0. The van der Waals surface area contributed by atoms with Gasteiger partial charge in [0.2, 0.25) is 0 Å². The Morgan fingerprint density at radius 3 is 2.75 bits per heavy atom. The highest BCUT2D eigenvalue weighted by molar-refractivity contribution is 9.10. The second kappa shape index (κ2) is 7.56. The lowest BCUT2D eigenvalue weighted by Crippen LogP contribution is -2.41. The van der Waals surface area contributed by atoms with Crippen molar-refractivity contribution in [1.29, 1.82) is 0 Å².